The molecule has 0 aliphatic carbocycles. The third-order valence-electron chi connectivity index (χ3n) is 1.42. The molecule has 0 aromatic heterocycles. The fourth-order valence-corrected chi connectivity index (χ4v) is 0.929. The molecule has 0 aliphatic heterocycles. The highest BCUT2D eigenvalue weighted by atomic mass is 35.5. The van der Waals surface area contributed by atoms with Crippen LogP contribution < -0.4 is 10.5 Å². The van der Waals surface area contributed by atoms with Crippen molar-refractivity contribution in [1.29, 1.82) is 0 Å². The van der Waals surface area contributed by atoms with Crippen molar-refractivity contribution in [2.45, 2.75) is 0 Å². The van der Waals surface area contributed by atoms with Crippen molar-refractivity contribution in [3.8, 4) is 5.75 Å². The molecular weight excluding hydrogens is 218 g/mol. The summed E-state index contributed by atoms with van der Waals surface area (Å²) in [5.41, 5.74) is 4.80. The topological polar surface area (TPSA) is 69.4 Å². The zero-order valence-corrected chi connectivity index (χ0v) is 8.40. The lowest BCUT2D eigenvalue weighted by Crippen LogP contribution is -2.09. The van der Waals surface area contributed by atoms with Gasteiger partial charge in [0.25, 0.3) is 0 Å². The monoisotopic (exact) mass is 225 g/mol. The van der Waals surface area contributed by atoms with Crippen molar-refractivity contribution in [2.75, 3.05) is 0 Å². The third-order valence-corrected chi connectivity index (χ3v) is 1.67. The van der Waals surface area contributed by atoms with Gasteiger partial charge < -0.3 is 10.5 Å². The van der Waals surface area contributed by atoms with E-state index in [1.165, 1.54) is 0 Å². The molecule has 0 atom stereocenters. The summed E-state index contributed by atoms with van der Waals surface area (Å²) >= 11 is 5.64. The van der Waals surface area contributed by atoms with Gasteiger partial charge in [0.15, 0.2) is 0 Å². The van der Waals surface area contributed by atoms with Crippen LogP contribution in [0.4, 0.5) is 0 Å². The molecule has 1 aromatic carbocycles. The fourth-order valence-electron chi connectivity index (χ4n) is 0.803. The number of amides is 1. The van der Waals surface area contributed by atoms with Crippen LogP contribution in [0.3, 0.4) is 0 Å². The quantitative estimate of drug-likeness (QED) is 0.479. The summed E-state index contributed by atoms with van der Waals surface area (Å²) in [5, 5.41) is 0.544. The fraction of sp³-hybridized carbons (Fsp3) is 0. The molecule has 0 unspecified atom stereocenters. The maximum atomic E-state index is 11.1. The number of ether oxygens (including phenoxy) is 1. The number of carbonyl (C=O) groups is 2. The van der Waals surface area contributed by atoms with Gasteiger partial charge in [0.05, 0.1) is 0 Å². The third kappa shape index (κ3) is 4.28. The van der Waals surface area contributed by atoms with Crippen molar-refractivity contribution < 1.29 is 14.3 Å². The van der Waals surface area contributed by atoms with E-state index >= 15 is 0 Å². The van der Waals surface area contributed by atoms with Gasteiger partial charge in [-0.1, -0.05) is 11.6 Å². The Labute approximate surface area is 91.3 Å². The van der Waals surface area contributed by atoms with Crippen LogP contribution in [0, 0.1) is 0 Å². The summed E-state index contributed by atoms with van der Waals surface area (Å²) in [6.45, 7) is 0. The van der Waals surface area contributed by atoms with Crippen LogP contribution in [0.2, 0.25) is 5.02 Å². The van der Waals surface area contributed by atoms with Crippen molar-refractivity contribution >= 4 is 23.5 Å². The normalized spacial score (nSPS) is 10.2. The molecular formula is C10H8ClNO3. The minimum atomic E-state index is -0.706. The molecule has 15 heavy (non-hydrogen) atoms. The van der Waals surface area contributed by atoms with Gasteiger partial charge in [-0.15, -0.1) is 0 Å². The number of primary amides is 1. The maximum Gasteiger partial charge on any atom is 0.336 e. The van der Waals surface area contributed by atoms with Crippen LogP contribution in [-0.2, 0) is 9.59 Å². The SMILES string of the molecule is NC(=O)/C=C\C(=O)Oc1ccc(Cl)cc1. The van der Waals surface area contributed by atoms with Crippen LogP contribution in [0.1, 0.15) is 0 Å². The minimum Gasteiger partial charge on any atom is -0.423 e. The first-order valence-corrected chi connectivity index (χ1v) is 4.40. The molecule has 0 heterocycles. The molecule has 4 nitrogen and oxygen atoms in total. The Balaban J connectivity index is 2.59. The van der Waals surface area contributed by atoms with E-state index in [0.717, 1.165) is 12.2 Å². The molecule has 2 N–H and O–H groups in total. The van der Waals surface area contributed by atoms with Gasteiger partial charge in [-0.3, -0.25) is 4.79 Å². The van der Waals surface area contributed by atoms with E-state index in [1.807, 2.05) is 0 Å². The number of benzene rings is 1. The van der Waals surface area contributed by atoms with Crippen molar-refractivity contribution in [2.24, 2.45) is 5.73 Å². The Morgan fingerprint density at radius 1 is 1.20 bits per heavy atom. The van der Waals surface area contributed by atoms with Crippen LogP contribution in [-0.4, -0.2) is 11.9 Å². The Hall–Kier alpha value is -1.81. The summed E-state index contributed by atoms with van der Waals surface area (Å²) in [6, 6.07) is 6.25. The van der Waals surface area contributed by atoms with Gasteiger partial charge in [-0.2, -0.15) is 0 Å². The van der Waals surface area contributed by atoms with Crippen LogP contribution in [0.15, 0.2) is 36.4 Å². The number of nitrogens with two attached hydrogens (primary N) is 1. The van der Waals surface area contributed by atoms with Crippen LogP contribution in [0.5, 0.6) is 5.75 Å². The Kier molecular flexibility index (Phi) is 3.88. The number of esters is 1. The highest BCUT2D eigenvalue weighted by Gasteiger charge is 2.00. The first-order valence-electron chi connectivity index (χ1n) is 4.03. The van der Waals surface area contributed by atoms with Gasteiger partial charge in [-0.25, -0.2) is 4.79 Å². The number of hydrogen-bond acceptors (Lipinski definition) is 3. The predicted molar refractivity (Wildman–Crippen MR) is 55.4 cm³/mol. The molecule has 0 radical (unpaired) electrons. The van der Waals surface area contributed by atoms with Crippen molar-refractivity contribution in [1.82, 2.24) is 0 Å². The highest BCUT2D eigenvalue weighted by Crippen LogP contribution is 2.15. The number of rotatable bonds is 3. The van der Waals surface area contributed by atoms with Crippen molar-refractivity contribution in [3.63, 3.8) is 0 Å². The van der Waals surface area contributed by atoms with E-state index in [1.54, 1.807) is 24.3 Å². The average Bonchev–Trinajstić information content (AvgIpc) is 2.19. The van der Waals surface area contributed by atoms with Gasteiger partial charge in [0.2, 0.25) is 5.91 Å². The van der Waals surface area contributed by atoms with E-state index in [0.29, 0.717) is 10.8 Å². The maximum absolute atomic E-state index is 11.1. The predicted octanol–water partition coefficient (Wildman–Crippen LogP) is 1.29. The van der Waals surface area contributed by atoms with E-state index in [4.69, 9.17) is 22.1 Å². The molecule has 0 aliphatic rings. The molecule has 0 bridgehead atoms. The molecule has 0 spiro atoms. The summed E-state index contributed by atoms with van der Waals surface area (Å²) < 4.78 is 4.83. The number of carbonyl (C=O) groups excluding carboxylic acids is 2. The lowest BCUT2D eigenvalue weighted by atomic mass is 10.3. The molecule has 0 saturated carbocycles. The second-order valence-corrected chi connectivity index (χ2v) is 3.05. The Morgan fingerprint density at radius 3 is 2.33 bits per heavy atom. The van der Waals surface area contributed by atoms with E-state index in [9.17, 15) is 9.59 Å². The van der Waals surface area contributed by atoms with Crippen LogP contribution >= 0.6 is 11.6 Å². The lowest BCUT2D eigenvalue weighted by molar-refractivity contribution is -0.129. The molecule has 78 valence electrons. The molecule has 0 fully saturated rings. The molecule has 0 saturated heterocycles. The van der Waals surface area contributed by atoms with E-state index < -0.39 is 11.9 Å². The standard InChI is InChI=1S/C10H8ClNO3/c11-7-1-3-8(4-2-7)15-10(14)6-5-9(12)13/h1-6H,(H2,12,13)/b6-5-. The largest absolute Gasteiger partial charge is 0.423 e. The Morgan fingerprint density at radius 2 is 1.80 bits per heavy atom. The molecule has 1 amide bonds. The number of halogens is 1. The molecule has 1 rings (SSSR count). The number of hydrogen-bond donors (Lipinski definition) is 1. The summed E-state index contributed by atoms with van der Waals surface area (Å²) in [6.07, 6.45) is 1.88. The zero-order chi connectivity index (χ0) is 11.3. The smallest absolute Gasteiger partial charge is 0.336 e. The van der Waals surface area contributed by atoms with E-state index in [2.05, 4.69) is 0 Å². The summed E-state index contributed by atoms with van der Waals surface area (Å²) in [4.78, 5) is 21.4. The van der Waals surface area contributed by atoms with Gasteiger partial charge in [-0.05, 0) is 24.3 Å². The first-order chi connectivity index (χ1) is 7.08. The lowest BCUT2D eigenvalue weighted by Gasteiger charge is -1.99. The van der Waals surface area contributed by atoms with Gasteiger partial charge in [0, 0.05) is 17.2 Å². The summed E-state index contributed by atoms with van der Waals surface area (Å²) in [5.74, 6) is -1.03. The Bertz CT molecular complexity index is 398. The first kappa shape index (κ1) is 11.3. The zero-order valence-electron chi connectivity index (χ0n) is 7.64. The van der Waals surface area contributed by atoms with Gasteiger partial charge in [0.1, 0.15) is 5.75 Å². The van der Waals surface area contributed by atoms with Crippen molar-refractivity contribution in [3.05, 3.63) is 41.4 Å². The average molecular weight is 226 g/mol. The second-order valence-electron chi connectivity index (χ2n) is 2.61. The van der Waals surface area contributed by atoms with E-state index in [-0.39, 0.29) is 0 Å². The minimum absolute atomic E-state index is 0.346. The summed E-state index contributed by atoms with van der Waals surface area (Å²) in [7, 11) is 0. The van der Waals surface area contributed by atoms with Crippen LogP contribution in [0.25, 0.3) is 0 Å². The van der Waals surface area contributed by atoms with Gasteiger partial charge >= 0.3 is 5.97 Å². The molecule has 1 aromatic rings. The highest BCUT2D eigenvalue weighted by molar-refractivity contribution is 6.30. The molecule has 5 heteroatoms. The second kappa shape index (κ2) is 5.17.